The normalized spacial score (nSPS) is 24.1. The molecule has 1 aliphatic carbocycles. The quantitative estimate of drug-likeness (QED) is 0.903. The zero-order chi connectivity index (χ0) is 17.6. The molecule has 2 aromatic heterocycles. The van der Waals surface area contributed by atoms with Gasteiger partial charge in [0.25, 0.3) is 5.91 Å². The molecule has 0 bridgehead atoms. The summed E-state index contributed by atoms with van der Waals surface area (Å²) in [6, 6.07) is 5.54. The summed E-state index contributed by atoms with van der Waals surface area (Å²) in [5, 5.41) is 7.23. The van der Waals surface area contributed by atoms with Gasteiger partial charge in [0.15, 0.2) is 0 Å². The minimum absolute atomic E-state index is 0.0638. The molecule has 7 heteroatoms. The smallest absolute Gasteiger partial charge is 0.273 e. The predicted molar refractivity (Wildman–Crippen MR) is 90.5 cm³/mol. The van der Waals surface area contributed by atoms with Crippen molar-refractivity contribution in [3.05, 3.63) is 47.5 Å². The minimum atomic E-state index is -0.683. The second-order valence-corrected chi connectivity index (χ2v) is 6.91. The highest BCUT2D eigenvalue weighted by Gasteiger charge is 2.68. The van der Waals surface area contributed by atoms with Crippen molar-refractivity contribution in [1.82, 2.24) is 25.0 Å². The summed E-state index contributed by atoms with van der Waals surface area (Å²) in [5.74, 6) is 0.0883. The molecule has 2 aliphatic rings. The lowest BCUT2D eigenvalue weighted by Gasteiger charge is -2.27. The first-order valence-electron chi connectivity index (χ1n) is 8.52. The van der Waals surface area contributed by atoms with Gasteiger partial charge in [-0.15, -0.1) is 0 Å². The van der Waals surface area contributed by atoms with Crippen LogP contribution < -0.4 is 5.32 Å². The first kappa shape index (κ1) is 15.8. The number of rotatable bonds is 4. The molecule has 0 radical (unpaired) electrons. The fourth-order valence-corrected chi connectivity index (χ4v) is 3.94. The number of hydrogen-bond acceptors (Lipinski definition) is 4. The molecule has 2 unspecified atom stereocenters. The molecule has 1 aliphatic heterocycles. The van der Waals surface area contributed by atoms with Crippen molar-refractivity contribution >= 4 is 11.8 Å². The van der Waals surface area contributed by atoms with Crippen molar-refractivity contribution in [2.45, 2.75) is 31.8 Å². The third-order valence-corrected chi connectivity index (χ3v) is 5.29. The van der Waals surface area contributed by atoms with E-state index in [4.69, 9.17) is 0 Å². The second kappa shape index (κ2) is 5.68. The van der Waals surface area contributed by atoms with E-state index >= 15 is 0 Å². The number of hydrogen-bond donors (Lipinski definition) is 1. The fourth-order valence-electron chi connectivity index (χ4n) is 3.94. The Hall–Kier alpha value is -2.70. The molecule has 4 rings (SSSR count). The Kier molecular flexibility index (Phi) is 3.59. The molecular weight excluding hydrogens is 318 g/mol. The van der Waals surface area contributed by atoms with E-state index in [2.05, 4.69) is 15.4 Å². The van der Waals surface area contributed by atoms with E-state index in [9.17, 15) is 9.59 Å². The van der Waals surface area contributed by atoms with Crippen LogP contribution in [-0.4, -0.2) is 43.6 Å². The highest BCUT2D eigenvalue weighted by Crippen LogP contribution is 2.56. The summed E-state index contributed by atoms with van der Waals surface area (Å²) < 4.78 is 1.59. The first-order valence-corrected chi connectivity index (χ1v) is 8.52. The molecule has 7 nitrogen and oxygen atoms in total. The number of piperidine rings is 1. The molecular formula is C18H21N5O2. The Balaban J connectivity index is 1.51. The van der Waals surface area contributed by atoms with E-state index in [1.807, 2.05) is 19.1 Å². The van der Waals surface area contributed by atoms with Crippen molar-refractivity contribution in [3.8, 4) is 0 Å². The lowest BCUT2D eigenvalue weighted by Crippen LogP contribution is -2.50. The van der Waals surface area contributed by atoms with Crippen LogP contribution in [0.15, 0.2) is 30.6 Å². The number of aryl methyl sites for hydroxylation is 2. The minimum Gasteiger partial charge on any atom is -0.350 e. The van der Waals surface area contributed by atoms with Crippen LogP contribution in [0.5, 0.6) is 0 Å². The van der Waals surface area contributed by atoms with Gasteiger partial charge in [0.05, 0.1) is 5.69 Å². The number of fused-ring (bicyclic) bond motifs is 1. The Morgan fingerprint density at radius 1 is 1.44 bits per heavy atom. The lowest BCUT2D eigenvalue weighted by molar-refractivity contribution is -0.126. The lowest BCUT2D eigenvalue weighted by atomic mass is 10.1. The predicted octanol–water partition coefficient (Wildman–Crippen LogP) is 1.04. The molecule has 1 saturated carbocycles. The van der Waals surface area contributed by atoms with Gasteiger partial charge in [0, 0.05) is 32.5 Å². The monoisotopic (exact) mass is 339 g/mol. The molecule has 3 heterocycles. The summed E-state index contributed by atoms with van der Waals surface area (Å²) in [6.45, 7) is 2.90. The number of carbonyl (C=O) groups excluding carboxylic acids is 2. The van der Waals surface area contributed by atoms with E-state index in [0.717, 1.165) is 24.1 Å². The average molecular weight is 339 g/mol. The number of pyridine rings is 1. The largest absolute Gasteiger partial charge is 0.350 e. The summed E-state index contributed by atoms with van der Waals surface area (Å²) in [7, 11) is 1.76. The van der Waals surface area contributed by atoms with Crippen LogP contribution in [0, 0.1) is 12.8 Å². The van der Waals surface area contributed by atoms with Crippen molar-refractivity contribution in [2.75, 3.05) is 6.54 Å². The molecule has 2 amide bonds. The highest BCUT2D eigenvalue weighted by atomic mass is 16.2. The highest BCUT2D eigenvalue weighted by molar-refractivity contribution is 6.01. The van der Waals surface area contributed by atoms with Gasteiger partial charge in [-0.2, -0.15) is 5.10 Å². The van der Waals surface area contributed by atoms with Gasteiger partial charge in [0.2, 0.25) is 5.91 Å². The van der Waals surface area contributed by atoms with Crippen LogP contribution in [0.4, 0.5) is 0 Å². The van der Waals surface area contributed by atoms with E-state index in [-0.39, 0.29) is 17.7 Å². The molecule has 0 aromatic carbocycles. The van der Waals surface area contributed by atoms with Crippen molar-refractivity contribution in [1.29, 1.82) is 0 Å². The Bertz CT molecular complexity index is 831. The second-order valence-electron chi connectivity index (χ2n) is 6.91. The molecule has 1 N–H and O–H groups in total. The Morgan fingerprint density at radius 3 is 2.92 bits per heavy atom. The molecule has 2 aromatic rings. The fraction of sp³-hybridized carbons (Fsp3) is 0.444. The number of nitrogens with one attached hydrogen (secondary N) is 1. The molecule has 2 fully saturated rings. The summed E-state index contributed by atoms with van der Waals surface area (Å²) in [5.41, 5.74) is 1.59. The molecule has 2 atom stereocenters. The first-order chi connectivity index (χ1) is 12.0. The SMILES string of the molecule is Cc1cc(C(=O)N2CCC3CC32C(=O)NCc2cccnc2)n(C)n1. The van der Waals surface area contributed by atoms with Crippen LogP contribution >= 0.6 is 0 Å². The average Bonchev–Trinajstić information content (AvgIpc) is 3.07. The van der Waals surface area contributed by atoms with Crippen molar-refractivity contribution in [2.24, 2.45) is 13.0 Å². The summed E-state index contributed by atoms with van der Waals surface area (Å²) in [4.78, 5) is 31.6. The van der Waals surface area contributed by atoms with Gasteiger partial charge in [-0.05, 0) is 43.4 Å². The number of likely N-dealkylation sites (tertiary alicyclic amines) is 1. The van der Waals surface area contributed by atoms with Gasteiger partial charge < -0.3 is 10.2 Å². The molecule has 25 heavy (non-hydrogen) atoms. The number of amides is 2. The molecule has 1 saturated heterocycles. The van der Waals surface area contributed by atoms with E-state index in [0.29, 0.717) is 18.8 Å². The third-order valence-electron chi connectivity index (χ3n) is 5.29. The molecule has 130 valence electrons. The van der Waals surface area contributed by atoms with Gasteiger partial charge in [0.1, 0.15) is 11.2 Å². The maximum absolute atomic E-state index is 13.0. The van der Waals surface area contributed by atoms with E-state index in [1.165, 1.54) is 0 Å². The van der Waals surface area contributed by atoms with Crippen LogP contribution in [0.3, 0.4) is 0 Å². The molecule has 0 spiro atoms. The van der Waals surface area contributed by atoms with Crippen molar-refractivity contribution < 1.29 is 9.59 Å². The van der Waals surface area contributed by atoms with Crippen LogP contribution in [-0.2, 0) is 18.4 Å². The zero-order valence-electron chi connectivity index (χ0n) is 14.4. The maximum atomic E-state index is 13.0. The van der Waals surface area contributed by atoms with Crippen LogP contribution in [0.1, 0.15) is 34.6 Å². The maximum Gasteiger partial charge on any atom is 0.273 e. The Labute approximate surface area is 146 Å². The number of carbonyl (C=O) groups is 2. The van der Waals surface area contributed by atoms with Gasteiger partial charge in [-0.1, -0.05) is 6.07 Å². The van der Waals surface area contributed by atoms with Gasteiger partial charge in [-0.3, -0.25) is 19.3 Å². The summed E-state index contributed by atoms with van der Waals surface area (Å²) >= 11 is 0. The van der Waals surface area contributed by atoms with Crippen LogP contribution in [0.2, 0.25) is 0 Å². The number of aromatic nitrogens is 3. The van der Waals surface area contributed by atoms with Gasteiger partial charge >= 0.3 is 0 Å². The van der Waals surface area contributed by atoms with Gasteiger partial charge in [-0.25, -0.2) is 0 Å². The van der Waals surface area contributed by atoms with Crippen molar-refractivity contribution in [3.63, 3.8) is 0 Å². The third kappa shape index (κ3) is 2.50. The summed E-state index contributed by atoms with van der Waals surface area (Å²) in [6.07, 6.45) is 5.06. The topological polar surface area (TPSA) is 80.1 Å². The number of nitrogens with zero attached hydrogens (tertiary/aromatic N) is 4. The standard InChI is InChI=1S/C18H21N5O2/c1-12-8-15(22(2)21-12)16(24)23-7-5-14-9-18(14,23)17(25)20-11-13-4-3-6-19-10-13/h3-4,6,8,10,14H,5,7,9,11H2,1-2H3,(H,20,25). The van der Waals surface area contributed by atoms with E-state index in [1.54, 1.807) is 35.1 Å². The Morgan fingerprint density at radius 2 is 2.28 bits per heavy atom. The van der Waals surface area contributed by atoms with E-state index < -0.39 is 5.54 Å². The zero-order valence-corrected chi connectivity index (χ0v) is 14.4. The van der Waals surface area contributed by atoms with Crippen LogP contribution in [0.25, 0.3) is 0 Å².